The Morgan fingerprint density at radius 3 is 2.67 bits per heavy atom. The fourth-order valence-electron chi connectivity index (χ4n) is 2.15. The first-order chi connectivity index (χ1) is 8.60. The molecule has 0 fully saturated rings. The summed E-state index contributed by atoms with van der Waals surface area (Å²) in [7, 11) is 0. The number of benzene rings is 1. The molecule has 0 aliphatic heterocycles. The summed E-state index contributed by atoms with van der Waals surface area (Å²) >= 11 is 3.48. The Bertz CT molecular complexity index is 536. The Balaban J connectivity index is 2.22. The summed E-state index contributed by atoms with van der Waals surface area (Å²) in [5, 5.41) is 0. The van der Waals surface area contributed by atoms with Gasteiger partial charge in [0.2, 0.25) is 0 Å². The maximum absolute atomic E-state index is 5.67. The zero-order valence-electron chi connectivity index (χ0n) is 10.5. The molecule has 0 aliphatic rings. The van der Waals surface area contributed by atoms with Crippen molar-refractivity contribution in [1.82, 2.24) is 5.43 Å². The van der Waals surface area contributed by atoms with Gasteiger partial charge in [0.15, 0.2) is 0 Å². The summed E-state index contributed by atoms with van der Waals surface area (Å²) in [5.41, 5.74) is 5.21. The van der Waals surface area contributed by atoms with Gasteiger partial charge in [-0.3, -0.25) is 11.3 Å². The summed E-state index contributed by atoms with van der Waals surface area (Å²) in [4.78, 5) is 0. The molecule has 1 atom stereocenters. The number of halogens is 1. The van der Waals surface area contributed by atoms with Gasteiger partial charge in [0.1, 0.15) is 11.5 Å². The van der Waals surface area contributed by atoms with Crippen LogP contribution in [0.4, 0.5) is 0 Å². The smallest absolute Gasteiger partial charge is 0.105 e. The van der Waals surface area contributed by atoms with E-state index in [0.717, 1.165) is 28.0 Å². The highest BCUT2D eigenvalue weighted by Crippen LogP contribution is 2.25. The average Bonchev–Trinajstić information content (AvgIpc) is 2.65. The van der Waals surface area contributed by atoms with Gasteiger partial charge in [0, 0.05) is 10.0 Å². The summed E-state index contributed by atoms with van der Waals surface area (Å²) in [6, 6.07) is 10.3. The highest BCUT2D eigenvalue weighted by atomic mass is 79.9. The minimum absolute atomic E-state index is 0.0664. The summed E-state index contributed by atoms with van der Waals surface area (Å²) in [6.45, 7) is 3.91. The van der Waals surface area contributed by atoms with E-state index < -0.39 is 0 Å². The molecule has 4 heteroatoms. The van der Waals surface area contributed by atoms with Crippen LogP contribution in [0, 0.1) is 13.8 Å². The van der Waals surface area contributed by atoms with E-state index in [9.17, 15) is 0 Å². The van der Waals surface area contributed by atoms with Crippen molar-refractivity contribution in [2.24, 2.45) is 5.84 Å². The molecular formula is C14H17BrN2O. The molecule has 1 aromatic heterocycles. The molecule has 0 amide bonds. The number of nitrogens with one attached hydrogen (secondary N) is 1. The quantitative estimate of drug-likeness (QED) is 0.672. The lowest BCUT2D eigenvalue weighted by Gasteiger charge is -2.15. The highest BCUT2D eigenvalue weighted by molar-refractivity contribution is 9.10. The minimum atomic E-state index is 0.0664. The lowest BCUT2D eigenvalue weighted by atomic mass is 10.00. The molecule has 0 aliphatic carbocycles. The van der Waals surface area contributed by atoms with Gasteiger partial charge in [0.05, 0.1) is 6.04 Å². The predicted molar refractivity (Wildman–Crippen MR) is 76.1 cm³/mol. The van der Waals surface area contributed by atoms with Crippen molar-refractivity contribution in [3.63, 3.8) is 0 Å². The molecule has 0 radical (unpaired) electrons. The van der Waals surface area contributed by atoms with E-state index in [2.05, 4.69) is 33.5 Å². The Kier molecular flexibility index (Phi) is 4.22. The molecule has 96 valence electrons. The normalized spacial score (nSPS) is 12.7. The molecule has 1 aromatic carbocycles. The fourth-order valence-corrected chi connectivity index (χ4v) is 2.60. The van der Waals surface area contributed by atoms with Crippen molar-refractivity contribution in [2.45, 2.75) is 26.3 Å². The van der Waals surface area contributed by atoms with Crippen molar-refractivity contribution < 1.29 is 4.42 Å². The van der Waals surface area contributed by atoms with E-state index in [1.54, 1.807) is 0 Å². The summed E-state index contributed by atoms with van der Waals surface area (Å²) in [6.07, 6.45) is 0.829. The van der Waals surface area contributed by atoms with E-state index in [0.29, 0.717) is 0 Å². The van der Waals surface area contributed by atoms with Crippen LogP contribution in [-0.2, 0) is 6.42 Å². The Morgan fingerprint density at radius 2 is 2.11 bits per heavy atom. The molecule has 18 heavy (non-hydrogen) atoms. The molecule has 0 bridgehead atoms. The third-order valence-electron chi connectivity index (χ3n) is 2.98. The topological polar surface area (TPSA) is 51.2 Å². The third kappa shape index (κ3) is 3.02. The SMILES string of the molecule is Cc1cc(C(Cc2cccc(Br)c2)NN)c(C)o1. The van der Waals surface area contributed by atoms with Gasteiger partial charge in [-0.05, 0) is 44.0 Å². The Hall–Kier alpha value is -1.10. The van der Waals surface area contributed by atoms with Crippen LogP contribution in [0.15, 0.2) is 39.2 Å². The second-order valence-corrected chi connectivity index (χ2v) is 5.34. The van der Waals surface area contributed by atoms with Crippen LogP contribution in [0.3, 0.4) is 0 Å². The number of aryl methyl sites for hydroxylation is 2. The van der Waals surface area contributed by atoms with Crippen LogP contribution in [0.5, 0.6) is 0 Å². The van der Waals surface area contributed by atoms with E-state index >= 15 is 0 Å². The maximum atomic E-state index is 5.67. The molecule has 1 heterocycles. The fraction of sp³-hybridized carbons (Fsp3) is 0.286. The van der Waals surface area contributed by atoms with E-state index in [-0.39, 0.29) is 6.04 Å². The second kappa shape index (κ2) is 5.69. The number of hydrazine groups is 1. The molecule has 2 rings (SSSR count). The van der Waals surface area contributed by atoms with Crippen molar-refractivity contribution in [3.8, 4) is 0 Å². The average molecular weight is 309 g/mol. The van der Waals surface area contributed by atoms with Gasteiger partial charge in [-0.25, -0.2) is 0 Å². The minimum Gasteiger partial charge on any atom is -0.466 e. The first-order valence-corrected chi connectivity index (χ1v) is 6.67. The largest absolute Gasteiger partial charge is 0.466 e. The molecule has 2 aromatic rings. The zero-order valence-corrected chi connectivity index (χ0v) is 12.1. The van der Waals surface area contributed by atoms with Crippen LogP contribution < -0.4 is 11.3 Å². The number of nitrogens with two attached hydrogens (primary N) is 1. The molecule has 3 N–H and O–H groups in total. The van der Waals surface area contributed by atoms with Crippen molar-refractivity contribution >= 4 is 15.9 Å². The number of hydrogen-bond acceptors (Lipinski definition) is 3. The zero-order chi connectivity index (χ0) is 13.1. The second-order valence-electron chi connectivity index (χ2n) is 4.42. The lowest BCUT2D eigenvalue weighted by Crippen LogP contribution is -2.29. The van der Waals surface area contributed by atoms with E-state index in [1.165, 1.54) is 5.56 Å². The summed E-state index contributed by atoms with van der Waals surface area (Å²) < 4.78 is 6.63. The highest BCUT2D eigenvalue weighted by Gasteiger charge is 2.16. The molecular weight excluding hydrogens is 292 g/mol. The molecule has 1 unspecified atom stereocenters. The van der Waals surface area contributed by atoms with Crippen molar-refractivity contribution in [1.29, 1.82) is 0 Å². The van der Waals surface area contributed by atoms with Gasteiger partial charge in [-0.1, -0.05) is 28.1 Å². The monoisotopic (exact) mass is 308 g/mol. The van der Waals surface area contributed by atoms with Gasteiger partial charge in [0.25, 0.3) is 0 Å². The van der Waals surface area contributed by atoms with Gasteiger partial charge >= 0.3 is 0 Å². The molecule has 0 spiro atoms. The van der Waals surface area contributed by atoms with E-state index in [4.69, 9.17) is 10.3 Å². The number of rotatable bonds is 4. The number of hydrogen-bond donors (Lipinski definition) is 2. The third-order valence-corrected chi connectivity index (χ3v) is 3.48. The van der Waals surface area contributed by atoms with Crippen LogP contribution in [0.1, 0.15) is 28.7 Å². The molecule has 0 saturated carbocycles. The number of furan rings is 1. The van der Waals surface area contributed by atoms with E-state index in [1.807, 2.05) is 32.0 Å². The van der Waals surface area contributed by atoms with Crippen LogP contribution in [0.25, 0.3) is 0 Å². The first-order valence-electron chi connectivity index (χ1n) is 5.87. The Labute approximate surface area is 115 Å². The van der Waals surface area contributed by atoms with Crippen molar-refractivity contribution in [3.05, 3.63) is 57.5 Å². The van der Waals surface area contributed by atoms with Gasteiger partial charge < -0.3 is 4.42 Å². The van der Waals surface area contributed by atoms with Crippen LogP contribution in [-0.4, -0.2) is 0 Å². The summed E-state index contributed by atoms with van der Waals surface area (Å²) in [5.74, 6) is 7.50. The standard InChI is InChI=1S/C14H17BrN2O/c1-9-6-13(10(2)18-9)14(17-16)8-11-4-3-5-12(15)7-11/h3-7,14,17H,8,16H2,1-2H3. The van der Waals surface area contributed by atoms with Crippen LogP contribution >= 0.6 is 15.9 Å². The molecule has 3 nitrogen and oxygen atoms in total. The predicted octanol–water partition coefficient (Wildman–Crippen LogP) is 3.41. The first kappa shape index (κ1) is 13.3. The molecule has 0 saturated heterocycles. The maximum Gasteiger partial charge on any atom is 0.105 e. The Morgan fingerprint density at radius 1 is 1.33 bits per heavy atom. The van der Waals surface area contributed by atoms with Gasteiger partial charge in [-0.15, -0.1) is 0 Å². The van der Waals surface area contributed by atoms with Gasteiger partial charge in [-0.2, -0.15) is 0 Å². The van der Waals surface area contributed by atoms with Crippen LogP contribution in [0.2, 0.25) is 0 Å². The lowest BCUT2D eigenvalue weighted by molar-refractivity contribution is 0.484. The van der Waals surface area contributed by atoms with Crippen molar-refractivity contribution in [2.75, 3.05) is 0 Å².